The van der Waals surface area contributed by atoms with Crippen LogP contribution in [0.4, 0.5) is 0 Å². The van der Waals surface area contributed by atoms with E-state index in [9.17, 15) is 0 Å². The molecule has 1 heterocycles. The fourth-order valence-corrected chi connectivity index (χ4v) is 7.20. The number of hydrogen-bond acceptors (Lipinski definition) is 0. The lowest BCUT2D eigenvalue weighted by molar-refractivity contribution is 0.504. The van der Waals surface area contributed by atoms with Crippen LogP contribution in [0.2, 0.25) is 0 Å². The molecule has 140 valence electrons. The molecule has 2 aromatic rings. The molecule has 1 aliphatic heterocycles. The van der Waals surface area contributed by atoms with Crippen LogP contribution in [0.1, 0.15) is 74.0 Å². The van der Waals surface area contributed by atoms with Gasteiger partial charge in [0.1, 0.15) is 0 Å². The second-order valence-electron chi connectivity index (χ2n) is 8.08. The molecule has 2 aliphatic rings. The van der Waals surface area contributed by atoms with E-state index in [1.807, 2.05) is 0 Å². The molecular weight excluding hydrogens is 331 g/mol. The largest absolute Gasteiger partial charge is 0.0750 e. The topological polar surface area (TPSA) is 0 Å². The van der Waals surface area contributed by atoms with Gasteiger partial charge in [0.2, 0.25) is 0 Å². The Balaban J connectivity index is 0.000000278. The zero-order chi connectivity index (χ0) is 18.2. The van der Waals surface area contributed by atoms with Crippen LogP contribution in [-0.4, -0.2) is 12.3 Å². The van der Waals surface area contributed by atoms with Gasteiger partial charge in [-0.25, -0.2) is 0 Å². The van der Waals surface area contributed by atoms with Crippen molar-refractivity contribution in [2.45, 2.75) is 71.1 Å². The first-order valence-electron chi connectivity index (χ1n) is 10.6. The Morgan fingerprint density at radius 1 is 0.731 bits per heavy atom. The van der Waals surface area contributed by atoms with Gasteiger partial charge in [-0.2, -0.15) is 0 Å². The maximum atomic E-state index is 2.39. The molecule has 0 nitrogen and oxygen atoms in total. The Bertz CT molecular complexity index is 638. The molecule has 1 saturated carbocycles. The summed E-state index contributed by atoms with van der Waals surface area (Å²) in [4.78, 5) is 0. The molecule has 0 spiro atoms. The lowest BCUT2D eigenvalue weighted by Gasteiger charge is -2.30. The fourth-order valence-electron chi connectivity index (χ4n) is 4.40. The summed E-state index contributed by atoms with van der Waals surface area (Å²) in [5.41, 5.74) is 4.44. The Morgan fingerprint density at radius 3 is 1.85 bits per heavy atom. The Hall–Kier alpha value is -1.13. The third-order valence-corrected chi connectivity index (χ3v) is 8.74. The van der Waals surface area contributed by atoms with Crippen molar-refractivity contribution in [3.63, 3.8) is 0 Å². The molecular formula is C25H35P. The van der Waals surface area contributed by atoms with Crippen LogP contribution in [0, 0.1) is 13.8 Å². The van der Waals surface area contributed by atoms with Crippen molar-refractivity contribution >= 4 is 13.2 Å². The number of benzene rings is 2. The summed E-state index contributed by atoms with van der Waals surface area (Å²) < 4.78 is 0. The van der Waals surface area contributed by atoms with E-state index in [0.29, 0.717) is 0 Å². The summed E-state index contributed by atoms with van der Waals surface area (Å²) in [6.45, 7) is 4.48. The molecule has 2 fully saturated rings. The van der Waals surface area contributed by atoms with Gasteiger partial charge in [0.25, 0.3) is 0 Å². The summed E-state index contributed by atoms with van der Waals surface area (Å²) >= 11 is 0. The van der Waals surface area contributed by atoms with Crippen molar-refractivity contribution in [2.75, 3.05) is 12.3 Å². The SMILES string of the molecule is C1CCCCC1.Cc1ccc(P2CCC(c3ccccc3)CC2)c(C)c1. The van der Waals surface area contributed by atoms with Crippen molar-refractivity contribution in [3.05, 3.63) is 65.2 Å². The van der Waals surface area contributed by atoms with Gasteiger partial charge in [0, 0.05) is 0 Å². The first-order valence-corrected chi connectivity index (χ1v) is 12.3. The smallest absolute Gasteiger partial charge is 0.0155 e. The van der Waals surface area contributed by atoms with Crippen molar-refractivity contribution < 1.29 is 0 Å². The van der Waals surface area contributed by atoms with Gasteiger partial charge in [-0.15, -0.1) is 0 Å². The van der Waals surface area contributed by atoms with Crippen LogP contribution in [0.3, 0.4) is 0 Å². The quantitative estimate of drug-likeness (QED) is 0.488. The van der Waals surface area contributed by atoms with E-state index in [0.717, 1.165) is 5.92 Å². The number of rotatable bonds is 2. The fraction of sp³-hybridized carbons (Fsp3) is 0.520. The minimum absolute atomic E-state index is 0.0829. The normalized spacial score (nSPS) is 23.0. The molecule has 4 rings (SSSR count). The summed E-state index contributed by atoms with van der Waals surface area (Å²) in [5.74, 6) is 0.792. The van der Waals surface area contributed by atoms with Crippen molar-refractivity contribution in [1.29, 1.82) is 0 Å². The van der Waals surface area contributed by atoms with E-state index in [4.69, 9.17) is 0 Å². The summed E-state index contributed by atoms with van der Waals surface area (Å²) in [6, 6.07) is 18.1. The predicted molar refractivity (Wildman–Crippen MR) is 118 cm³/mol. The molecule has 0 atom stereocenters. The molecule has 0 radical (unpaired) electrons. The highest BCUT2D eigenvalue weighted by molar-refractivity contribution is 7.65. The minimum atomic E-state index is 0.0829. The first kappa shape index (κ1) is 19.6. The predicted octanol–water partition coefficient (Wildman–Crippen LogP) is 7.33. The number of hydrogen-bond donors (Lipinski definition) is 0. The average molecular weight is 367 g/mol. The lowest BCUT2D eigenvalue weighted by atomic mass is 9.94. The van der Waals surface area contributed by atoms with Crippen molar-refractivity contribution in [1.82, 2.24) is 0 Å². The highest BCUT2D eigenvalue weighted by atomic mass is 31.1. The van der Waals surface area contributed by atoms with E-state index >= 15 is 0 Å². The van der Waals surface area contributed by atoms with Crippen LogP contribution in [-0.2, 0) is 0 Å². The molecule has 0 unspecified atom stereocenters. The molecule has 0 N–H and O–H groups in total. The van der Waals surface area contributed by atoms with Crippen LogP contribution < -0.4 is 5.30 Å². The monoisotopic (exact) mass is 366 g/mol. The molecule has 1 aliphatic carbocycles. The van der Waals surface area contributed by atoms with E-state index in [-0.39, 0.29) is 7.92 Å². The maximum absolute atomic E-state index is 2.39. The first-order chi connectivity index (χ1) is 12.7. The molecule has 1 saturated heterocycles. The molecule has 0 aromatic heterocycles. The van der Waals surface area contributed by atoms with Gasteiger partial charge in [0.05, 0.1) is 0 Å². The highest BCUT2D eigenvalue weighted by Gasteiger charge is 2.23. The van der Waals surface area contributed by atoms with Crippen LogP contribution in [0.5, 0.6) is 0 Å². The molecule has 0 bridgehead atoms. The van der Waals surface area contributed by atoms with Gasteiger partial charge in [-0.1, -0.05) is 101 Å². The van der Waals surface area contributed by atoms with Gasteiger partial charge < -0.3 is 0 Å². The minimum Gasteiger partial charge on any atom is -0.0750 e. The Kier molecular flexibility index (Phi) is 7.75. The van der Waals surface area contributed by atoms with Crippen LogP contribution in [0.15, 0.2) is 48.5 Å². The third-order valence-electron chi connectivity index (χ3n) is 5.96. The van der Waals surface area contributed by atoms with E-state index < -0.39 is 0 Å². The van der Waals surface area contributed by atoms with Gasteiger partial charge in [0.15, 0.2) is 0 Å². The van der Waals surface area contributed by atoms with Crippen molar-refractivity contribution in [3.8, 4) is 0 Å². The second kappa shape index (κ2) is 10.3. The van der Waals surface area contributed by atoms with Gasteiger partial charge >= 0.3 is 0 Å². The Morgan fingerprint density at radius 2 is 1.31 bits per heavy atom. The molecule has 26 heavy (non-hydrogen) atoms. The molecule has 1 heteroatoms. The maximum Gasteiger partial charge on any atom is -0.0155 e. The highest BCUT2D eigenvalue weighted by Crippen LogP contribution is 2.46. The van der Waals surface area contributed by atoms with E-state index in [1.165, 1.54) is 74.8 Å². The van der Waals surface area contributed by atoms with Crippen LogP contribution in [0.25, 0.3) is 0 Å². The molecule has 0 amide bonds. The van der Waals surface area contributed by atoms with Gasteiger partial charge in [-0.05, 0) is 61.4 Å². The zero-order valence-electron chi connectivity index (χ0n) is 16.7. The summed E-state index contributed by atoms with van der Waals surface area (Å²) in [7, 11) is 0.0829. The van der Waals surface area contributed by atoms with E-state index in [2.05, 4.69) is 62.4 Å². The summed E-state index contributed by atoms with van der Waals surface area (Å²) in [5, 5.41) is 1.65. The van der Waals surface area contributed by atoms with Crippen molar-refractivity contribution in [2.24, 2.45) is 0 Å². The van der Waals surface area contributed by atoms with Crippen LogP contribution >= 0.6 is 7.92 Å². The average Bonchev–Trinajstić information content (AvgIpc) is 2.71. The second-order valence-corrected chi connectivity index (χ2v) is 10.5. The van der Waals surface area contributed by atoms with E-state index in [1.54, 1.807) is 10.9 Å². The standard InChI is InChI=1S/C19H23P.C6H12/c1-15-8-9-19(16(2)14-15)20-12-10-18(11-13-20)17-6-4-3-5-7-17;1-2-4-6-5-3-1/h3-9,14,18H,10-13H2,1-2H3;1-6H2. The van der Waals surface area contributed by atoms with Gasteiger partial charge in [-0.3, -0.25) is 0 Å². The Labute approximate surface area is 162 Å². The number of aryl methyl sites for hydroxylation is 2. The molecule has 2 aromatic carbocycles. The summed E-state index contributed by atoms with van der Waals surface area (Å²) in [6.07, 6.45) is 14.5. The lowest BCUT2D eigenvalue weighted by Crippen LogP contribution is -2.18. The zero-order valence-corrected chi connectivity index (χ0v) is 17.6. The third kappa shape index (κ3) is 5.68.